The monoisotopic (exact) mass is 255 g/mol. The zero-order chi connectivity index (χ0) is 13.4. The van der Waals surface area contributed by atoms with E-state index in [0.29, 0.717) is 6.04 Å². The summed E-state index contributed by atoms with van der Waals surface area (Å²) in [5.41, 5.74) is 4.72. The lowest BCUT2D eigenvalue weighted by Gasteiger charge is -2.32. The number of benzene rings is 2. The average molecular weight is 255 g/mol. The highest BCUT2D eigenvalue weighted by Crippen LogP contribution is 2.39. The van der Waals surface area contributed by atoms with Crippen LogP contribution in [0.2, 0.25) is 0 Å². The first-order valence-corrected chi connectivity index (χ1v) is 6.76. The fourth-order valence-corrected chi connectivity index (χ4v) is 3.02. The highest BCUT2D eigenvalue weighted by molar-refractivity contribution is 5.58. The molecule has 19 heavy (non-hydrogen) atoms. The first-order valence-electron chi connectivity index (χ1n) is 6.76. The van der Waals surface area contributed by atoms with Crippen molar-refractivity contribution in [3.63, 3.8) is 0 Å². The summed E-state index contributed by atoms with van der Waals surface area (Å²) in [4.78, 5) is 0. The van der Waals surface area contributed by atoms with Crippen molar-refractivity contribution in [1.29, 1.82) is 0 Å². The van der Waals surface area contributed by atoms with Gasteiger partial charge in [0.05, 0.1) is 0 Å². The molecule has 1 heterocycles. The van der Waals surface area contributed by atoms with Gasteiger partial charge in [0.1, 0.15) is 5.82 Å². The van der Waals surface area contributed by atoms with Gasteiger partial charge in [0, 0.05) is 17.6 Å². The van der Waals surface area contributed by atoms with E-state index in [1.807, 2.05) is 12.1 Å². The highest BCUT2D eigenvalue weighted by atomic mass is 19.1. The van der Waals surface area contributed by atoms with E-state index in [1.165, 1.54) is 17.3 Å². The van der Waals surface area contributed by atoms with E-state index in [2.05, 4.69) is 37.4 Å². The van der Waals surface area contributed by atoms with Crippen LogP contribution < -0.4 is 5.32 Å². The summed E-state index contributed by atoms with van der Waals surface area (Å²) in [5.74, 6) is 0.132. The van der Waals surface area contributed by atoms with Crippen LogP contribution in [0.5, 0.6) is 0 Å². The van der Waals surface area contributed by atoms with E-state index in [9.17, 15) is 4.39 Å². The van der Waals surface area contributed by atoms with Crippen LogP contribution in [0.25, 0.3) is 0 Å². The minimum Gasteiger partial charge on any atom is -0.382 e. The van der Waals surface area contributed by atoms with Gasteiger partial charge < -0.3 is 5.32 Å². The molecule has 2 unspecified atom stereocenters. The molecule has 1 nitrogen and oxygen atoms in total. The summed E-state index contributed by atoms with van der Waals surface area (Å²) in [5, 5.41) is 3.50. The fourth-order valence-electron chi connectivity index (χ4n) is 3.02. The van der Waals surface area contributed by atoms with E-state index in [0.717, 1.165) is 17.5 Å². The van der Waals surface area contributed by atoms with Crippen LogP contribution in [0.4, 0.5) is 10.1 Å². The Hall–Kier alpha value is -1.83. The molecule has 0 aromatic heterocycles. The molecule has 2 aromatic rings. The van der Waals surface area contributed by atoms with Gasteiger partial charge in [-0.1, -0.05) is 24.3 Å². The largest absolute Gasteiger partial charge is 0.382 e. The van der Waals surface area contributed by atoms with Crippen molar-refractivity contribution >= 4 is 5.69 Å². The second-order valence-electron chi connectivity index (χ2n) is 5.42. The Morgan fingerprint density at radius 1 is 1.11 bits per heavy atom. The molecule has 0 spiro atoms. The van der Waals surface area contributed by atoms with E-state index < -0.39 is 0 Å². The lowest BCUT2D eigenvalue weighted by molar-refractivity contribution is 0.595. The number of hydrogen-bond donors (Lipinski definition) is 1. The Morgan fingerprint density at radius 3 is 2.74 bits per heavy atom. The van der Waals surface area contributed by atoms with Gasteiger partial charge in [-0.15, -0.1) is 0 Å². The molecular weight excluding hydrogens is 237 g/mol. The Labute approximate surface area is 113 Å². The molecule has 1 aliphatic rings. The van der Waals surface area contributed by atoms with Gasteiger partial charge in [-0.2, -0.15) is 0 Å². The standard InChI is InChI=1S/C17H18FN/c1-11-7-8-13(18)10-15(11)16-9-12(2)19-17-6-4-3-5-14(16)17/h3-8,10,12,16,19H,9H2,1-2H3. The molecule has 2 atom stereocenters. The second kappa shape index (κ2) is 4.69. The molecule has 1 N–H and O–H groups in total. The summed E-state index contributed by atoms with van der Waals surface area (Å²) >= 11 is 0. The SMILES string of the molecule is Cc1ccc(F)cc1C1CC(C)Nc2ccccc21. The summed E-state index contributed by atoms with van der Waals surface area (Å²) < 4.78 is 13.6. The molecular formula is C17H18FN. The van der Waals surface area contributed by atoms with Crippen molar-refractivity contribution < 1.29 is 4.39 Å². The lowest BCUT2D eigenvalue weighted by atomic mass is 9.81. The van der Waals surface area contributed by atoms with Gasteiger partial charge in [0.2, 0.25) is 0 Å². The van der Waals surface area contributed by atoms with Gasteiger partial charge >= 0.3 is 0 Å². The van der Waals surface area contributed by atoms with Crippen LogP contribution in [0, 0.1) is 12.7 Å². The quantitative estimate of drug-likeness (QED) is 0.792. The fraction of sp³-hybridized carbons (Fsp3) is 0.294. The van der Waals surface area contributed by atoms with Crippen molar-refractivity contribution in [2.45, 2.75) is 32.2 Å². The number of para-hydroxylation sites is 1. The van der Waals surface area contributed by atoms with Gasteiger partial charge in [0.25, 0.3) is 0 Å². The van der Waals surface area contributed by atoms with E-state index in [4.69, 9.17) is 0 Å². The summed E-state index contributed by atoms with van der Waals surface area (Å²) in [6, 6.07) is 13.8. The zero-order valence-electron chi connectivity index (χ0n) is 11.3. The molecule has 98 valence electrons. The van der Waals surface area contributed by atoms with Crippen molar-refractivity contribution in [3.8, 4) is 0 Å². The Bertz CT molecular complexity index is 606. The third-order valence-electron chi connectivity index (χ3n) is 3.94. The average Bonchev–Trinajstić information content (AvgIpc) is 2.40. The Morgan fingerprint density at radius 2 is 1.89 bits per heavy atom. The minimum atomic E-state index is -0.149. The Balaban J connectivity index is 2.12. The first kappa shape index (κ1) is 12.2. The lowest BCUT2D eigenvalue weighted by Crippen LogP contribution is -2.26. The van der Waals surface area contributed by atoms with Crippen LogP contribution in [-0.4, -0.2) is 6.04 Å². The molecule has 2 aromatic carbocycles. The summed E-state index contributed by atoms with van der Waals surface area (Å²) in [7, 11) is 0. The highest BCUT2D eigenvalue weighted by Gasteiger charge is 2.26. The maximum Gasteiger partial charge on any atom is 0.123 e. The van der Waals surface area contributed by atoms with E-state index in [-0.39, 0.29) is 11.7 Å². The molecule has 0 aliphatic carbocycles. The molecule has 0 fully saturated rings. The van der Waals surface area contributed by atoms with Crippen molar-refractivity contribution in [2.75, 3.05) is 5.32 Å². The maximum absolute atomic E-state index is 13.6. The smallest absolute Gasteiger partial charge is 0.123 e. The number of anilines is 1. The third kappa shape index (κ3) is 2.23. The number of rotatable bonds is 1. The van der Waals surface area contributed by atoms with Crippen LogP contribution in [0.3, 0.4) is 0 Å². The van der Waals surface area contributed by atoms with Gasteiger partial charge in [-0.3, -0.25) is 0 Å². The number of nitrogens with one attached hydrogen (secondary N) is 1. The number of fused-ring (bicyclic) bond motifs is 1. The molecule has 0 amide bonds. The summed E-state index contributed by atoms with van der Waals surface area (Å²) in [6.07, 6.45) is 1.00. The number of hydrogen-bond acceptors (Lipinski definition) is 1. The molecule has 0 radical (unpaired) electrons. The Kier molecular flexibility index (Phi) is 3.02. The van der Waals surface area contributed by atoms with Crippen LogP contribution in [-0.2, 0) is 0 Å². The number of halogens is 1. The van der Waals surface area contributed by atoms with E-state index in [1.54, 1.807) is 6.07 Å². The number of aryl methyl sites for hydroxylation is 1. The summed E-state index contributed by atoms with van der Waals surface area (Å²) in [6.45, 7) is 4.24. The van der Waals surface area contributed by atoms with Crippen LogP contribution in [0.15, 0.2) is 42.5 Å². The zero-order valence-corrected chi connectivity index (χ0v) is 11.3. The molecule has 0 bridgehead atoms. The second-order valence-corrected chi connectivity index (χ2v) is 5.42. The normalized spacial score (nSPS) is 21.6. The predicted molar refractivity (Wildman–Crippen MR) is 77.1 cm³/mol. The minimum absolute atomic E-state index is 0.149. The topological polar surface area (TPSA) is 12.0 Å². The predicted octanol–water partition coefficient (Wildman–Crippen LogP) is 4.47. The molecule has 1 aliphatic heterocycles. The maximum atomic E-state index is 13.6. The van der Waals surface area contributed by atoms with Crippen LogP contribution in [0.1, 0.15) is 36.0 Å². The van der Waals surface area contributed by atoms with Gasteiger partial charge in [-0.25, -0.2) is 4.39 Å². The van der Waals surface area contributed by atoms with Gasteiger partial charge in [0.15, 0.2) is 0 Å². The molecule has 0 saturated heterocycles. The molecule has 0 saturated carbocycles. The van der Waals surface area contributed by atoms with Gasteiger partial charge in [-0.05, 0) is 55.2 Å². The van der Waals surface area contributed by atoms with Crippen molar-refractivity contribution in [2.24, 2.45) is 0 Å². The molecule has 3 rings (SSSR count). The van der Waals surface area contributed by atoms with Crippen molar-refractivity contribution in [1.82, 2.24) is 0 Å². The third-order valence-corrected chi connectivity index (χ3v) is 3.94. The molecule has 2 heteroatoms. The first-order chi connectivity index (χ1) is 9.15. The van der Waals surface area contributed by atoms with Crippen molar-refractivity contribution in [3.05, 3.63) is 65.0 Å². The van der Waals surface area contributed by atoms with E-state index >= 15 is 0 Å². The van der Waals surface area contributed by atoms with Crippen LogP contribution >= 0.6 is 0 Å².